The fourth-order valence-electron chi connectivity index (χ4n) is 5.22. The fourth-order valence-corrected chi connectivity index (χ4v) is 6.40. The first kappa shape index (κ1) is 26.7. The van der Waals surface area contributed by atoms with Crippen molar-refractivity contribution in [2.24, 2.45) is 0 Å². The molecule has 2 aliphatic heterocycles. The molecule has 38 heavy (non-hydrogen) atoms. The van der Waals surface area contributed by atoms with Crippen LogP contribution in [0.25, 0.3) is 0 Å². The zero-order chi connectivity index (χ0) is 26.6. The van der Waals surface area contributed by atoms with E-state index >= 15 is 4.39 Å². The summed E-state index contributed by atoms with van der Waals surface area (Å²) in [5, 5.41) is 0. The number of carbonyl (C=O) groups excluding carboxylic acids is 1. The summed E-state index contributed by atoms with van der Waals surface area (Å²) in [5.41, 5.74) is 4.29. The number of carbonyl (C=O) groups is 1. The predicted molar refractivity (Wildman–Crippen MR) is 148 cm³/mol. The monoisotopic (exact) mass is 535 g/mol. The molecular formula is C30H34FN3O3S. The average molecular weight is 536 g/mol. The number of aryl methyl sites for hydroxylation is 2. The summed E-state index contributed by atoms with van der Waals surface area (Å²) in [5.74, 6) is 0.279. The summed E-state index contributed by atoms with van der Waals surface area (Å²) in [6, 6.07) is 17.4. The Morgan fingerprint density at radius 3 is 2.74 bits per heavy atom. The molecule has 1 aromatic heterocycles. The van der Waals surface area contributed by atoms with Crippen LogP contribution in [0.1, 0.15) is 51.6 Å². The summed E-state index contributed by atoms with van der Waals surface area (Å²) in [7, 11) is 1.60. The van der Waals surface area contributed by atoms with E-state index in [-0.39, 0.29) is 29.6 Å². The van der Waals surface area contributed by atoms with Gasteiger partial charge in [0.15, 0.2) is 11.6 Å². The van der Waals surface area contributed by atoms with Crippen molar-refractivity contribution in [2.45, 2.75) is 50.7 Å². The molecule has 3 heterocycles. The standard InChI is InChI=1S/C30H34FN3O3S/c1-20-12-13-21(2)23(16-20)30(35)33-17-27(36-3)28(18-33)37-26-11-6-8-22(29(26)31)19-38-34-15-7-10-25(34)24-9-4-5-14-32-24/h4-6,8-9,11-14,16,25,27-28H,7,10,15,17-19H2,1-3H3. The molecule has 2 saturated heterocycles. The smallest absolute Gasteiger partial charge is 0.254 e. The molecular weight excluding hydrogens is 501 g/mol. The number of ether oxygens (including phenoxy) is 2. The first-order valence-corrected chi connectivity index (χ1v) is 14.0. The topological polar surface area (TPSA) is 54.9 Å². The second-order valence-corrected chi connectivity index (χ2v) is 11.0. The van der Waals surface area contributed by atoms with Gasteiger partial charge in [-0.25, -0.2) is 8.70 Å². The van der Waals surface area contributed by atoms with Crippen molar-refractivity contribution >= 4 is 17.9 Å². The number of hydrogen-bond donors (Lipinski definition) is 0. The number of aromatic nitrogens is 1. The Labute approximate surface area is 228 Å². The first-order valence-electron chi connectivity index (χ1n) is 13.1. The van der Waals surface area contributed by atoms with Gasteiger partial charge in [0.05, 0.1) is 24.8 Å². The highest BCUT2D eigenvalue weighted by Crippen LogP contribution is 2.38. The van der Waals surface area contributed by atoms with Crippen LogP contribution < -0.4 is 4.74 Å². The van der Waals surface area contributed by atoms with E-state index < -0.39 is 6.10 Å². The van der Waals surface area contributed by atoms with E-state index in [2.05, 4.69) is 15.4 Å². The van der Waals surface area contributed by atoms with Gasteiger partial charge >= 0.3 is 0 Å². The lowest BCUT2D eigenvalue weighted by atomic mass is 10.0. The molecule has 2 aromatic carbocycles. The van der Waals surface area contributed by atoms with Crippen LogP contribution in [-0.4, -0.2) is 59.0 Å². The lowest BCUT2D eigenvalue weighted by molar-refractivity contribution is 0.0322. The quantitative estimate of drug-likeness (QED) is 0.343. The third-order valence-corrected chi connectivity index (χ3v) is 8.58. The molecule has 200 valence electrons. The Hall–Kier alpha value is -2.94. The highest BCUT2D eigenvalue weighted by molar-refractivity contribution is 7.96. The van der Waals surface area contributed by atoms with Gasteiger partial charge < -0.3 is 14.4 Å². The van der Waals surface area contributed by atoms with Crippen molar-refractivity contribution in [2.75, 3.05) is 26.7 Å². The van der Waals surface area contributed by atoms with E-state index in [0.29, 0.717) is 30.0 Å². The summed E-state index contributed by atoms with van der Waals surface area (Å²) >= 11 is 1.64. The summed E-state index contributed by atoms with van der Waals surface area (Å²) in [6.45, 7) is 5.59. The van der Waals surface area contributed by atoms with Crippen molar-refractivity contribution in [1.29, 1.82) is 0 Å². The van der Waals surface area contributed by atoms with Gasteiger partial charge in [-0.1, -0.05) is 47.8 Å². The number of hydrogen-bond acceptors (Lipinski definition) is 6. The minimum atomic E-state index is -0.460. The molecule has 3 atom stereocenters. The Morgan fingerprint density at radius 1 is 1.11 bits per heavy atom. The zero-order valence-corrected chi connectivity index (χ0v) is 22.9. The van der Waals surface area contributed by atoms with Gasteiger partial charge in [0.1, 0.15) is 12.2 Å². The molecule has 2 aliphatic rings. The maximum absolute atomic E-state index is 15.6. The maximum atomic E-state index is 15.6. The molecule has 0 aliphatic carbocycles. The maximum Gasteiger partial charge on any atom is 0.254 e. The average Bonchev–Trinajstić information content (AvgIpc) is 3.57. The number of rotatable bonds is 8. The van der Waals surface area contributed by atoms with E-state index in [1.807, 2.05) is 56.4 Å². The van der Waals surface area contributed by atoms with E-state index in [4.69, 9.17) is 9.47 Å². The van der Waals surface area contributed by atoms with Gasteiger partial charge in [0, 0.05) is 36.7 Å². The highest BCUT2D eigenvalue weighted by Gasteiger charge is 2.38. The molecule has 0 radical (unpaired) electrons. The van der Waals surface area contributed by atoms with E-state index in [9.17, 15) is 4.79 Å². The molecule has 0 bridgehead atoms. The van der Waals surface area contributed by atoms with Crippen molar-refractivity contribution in [3.05, 3.63) is 94.6 Å². The van der Waals surface area contributed by atoms with Gasteiger partial charge in [0.2, 0.25) is 0 Å². The molecule has 0 saturated carbocycles. The lowest BCUT2D eigenvalue weighted by Gasteiger charge is -2.23. The van der Waals surface area contributed by atoms with Crippen LogP contribution in [-0.2, 0) is 10.5 Å². The van der Waals surface area contributed by atoms with Crippen molar-refractivity contribution in [1.82, 2.24) is 14.2 Å². The lowest BCUT2D eigenvalue weighted by Crippen LogP contribution is -2.32. The number of likely N-dealkylation sites (tertiary alicyclic amines) is 1. The third kappa shape index (κ3) is 5.72. The largest absolute Gasteiger partial charge is 0.483 e. The fraction of sp³-hybridized carbons (Fsp3) is 0.400. The third-order valence-electron chi connectivity index (χ3n) is 7.37. The predicted octanol–water partition coefficient (Wildman–Crippen LogP) is 5.74. The van der Waals surface area contributed by atoms with Crippen LogP contribution in [0.5, 0.6) is 5.75 Å². The van der Waals surface area contributed by atoms with Gasteiger partial charge in [-0.15, -0.1) is 0 Å². The SMILES string of the molecule is COC1CN(C(=O)c2cc(C)ccc2C)CC1Oc1cccc(CSN2CCCC2c2ccccn2)c1F. The van der Waals surface area contributed by atoms with Gasteiger partial charge in [-0.3, -0.25) is 9.78 Å². The van der Waals surface area contributed by atoms with E-state index in [1.165, 1.54) is 0 Å². The molecule has 8 heteroatoms. The number of pyridine rings is 1. The van der Waals surface area contributed by atoms with Gasteiger partial charge in [0.25, 0.3) is 5.91 Å². The Bertz CT molecular complexity index is 1270. The zero-order valence-electron chi connectivity index (χ0n) is 22.1. The van der Waals surface area contributed by atoms with Crippen LogP contribution in [0.2, 0.25) is 0 Å². The van der Waals surface area contributed by atoms with Crippen LogP contribution in [0.15, 0.2) is 60.8 Å². The second-order valence-electron chi connectivity index (χ2n) is 10.0. The Kier molecular flexibility index (Phi) is 8.31. The first-order chi connectivity index (χ1) is 18.4. The summed E-state index contributed by atoms with van der Waals surface area (Å²) in [4.78, 5) is 19.5. The number of methoxy groups -OCH3 is 1. The molecule has 0 N–H and O–H groups in total. The molecule has 3 unspecified atom stereocenters. The van der Waals surface area contributed by atoms with Gasteiger partial charge in [-0.05, 0) is 56.5 Å². The number of nitrogens with zero attached hydrogens (tertiary/aromatic N) is 3. The molecule has 1 amide bonds. The van der Waals surface area contributed by atoms with Crippen molar-refractivity contribution in [3.8, 4) is 5.75 Å². The Balaban J connectivity index is 1.25. The van der Waals surface area contributed by atoms with Crippen LogP contribution in [0.4, 0.5) is 4.39 Å². The number of amides is 1. The molecule has 5 rings (SSSR count). The molecule has 0 spiro atoms. The minimum absolute atomic E-state index is 0.0574. The number of halogens is 1. The van der Waals surface area contributed by atoms with Crippen LogP contribution in [0.3, 0.4) is 0 Å². The van der Waals surface area contributed by atoms with Crippen molar-refractivity contribution < 1.29 is 18.7 Å². The number of benzene rings is 2. The highest BCUT2D eigenvalue weighted by atomic mass is 32.2. The van der Waals surface area contributed by atoms with E-state index in [1.54, 1.807) is 36.1 Å². The van der Waals surface area contributed by atoms with Gasteiger partial charge in [-0.2, -0.15) is 0 Å². The summed E-state index contributed by atoms with van der Waals surface area (Å²) in [6.07, 6.45) is 3.16. The molecule has 3 aromatic rings. The normalized spacial score (nSPS) is 21.7. The van der Waals surface area contributed by atoms with E-state index in [0.717, 1.165) is 36.2 Å². The molecule has 6 nitrogen and oxygen atoms in total. The second kappa shape index (κ2) is 11.8. The minimum Gasteiger partial charge on any atom is -0.483 e. The van der Waals surface area contributed by atoms with Crippen molar-refractivity contribution in [3.63, 3.8) is 0 Å². The van der Waals surface area contributed by atoms with Crippen LogP contribution >= 0.6 is 11.9 Å². The summed E-state index contributed by atoms with van der Waals surface area (Å²) < 4.78 is 29.7. The molecule has 2 fully saturated rings. The van der Waals surface area contributed by atoms with Crippen LogP contribution in [0, 0.1) is 19.7 Å². The Morgan fingerprint density at radius 2 is 1.95 bits per heavy atom.